The van der Waals surface area contributed by atoms with Crippen LogP contribution in [0.2, 0.25) is 0 Å². The van der Waals surface area contributed by atoms with Gasteiger partial charge in [-0.05, 0) is 19.1 Å². The van der Waals surface area contributed by atoms with Gasteiger partial charge < -0.3 is 0 Å². The second-order valence-corrected chi connectivity index (χ2v) is 4.59. The number of pyridine rings is 1. The summed E-state index contributed by atoms with van der Waals surface area (Å²) in [5.41, 5.74) is 1.07. The summed E-state index contributed by atoms with van der Waals surface area (Å²) in [5, 5.41) is 0. The first-order chi connectivity index (χ1) is 9.31. The van der Waals surface area contributed by atoms with E-state index in [1.165, 1.54) is 51.4 Å². The van der Waals surface area contributed by atoms with E-state index in [0.717, 1.165) is 5.69 Å². The largest absolute Gasteiger partial charge is 0.262 e. The van der Waals surface area contributed by atoms with E-state index < -0.39 is 0 Å². The molecule has 0 aliphatic heterocycles. The molecule has 0 aliphatic carbocycles. The fourth-order valence-electron chi connectivity index (χ4n) is 1.66. The minimum atomic E-state index is 1.07. The molecule has 0 radical (unpaired) electrons. The predicted molar refractivity (Wildman–Crippen MR) is 88.6 cm³/mol. The third-order valence-corrected chi connectivity index (χ3v) is 2.77. The number of hydrogen-bond acceptors (Lipinski definition) is 1. The van der Waals surface area contributed by atoms with Crippen molar-refractivity contribution < 1.29 is 0 Å². The lowest BCUT2D eigenvalue weighted by Crippen LogP contribution is -1.77. The van der Waals surface area contributed by atoms with Crippen molar-refractivity contribution in [2.24, 2.45) is 0 Å². The third kappa shape index (κ3) is 19.7. The Balaban J connectivity index is 0. The molecule has 0 fully saturated rings. The van der Waals surface area contributed by atoms with Gasteiger partial charge in [-0.3, -0.25) is 4.98 Å². The molecule has 0 saturated carbocycles. The summed E-state index contributed by atoms with van der Waals surface area (Å²) in [6.07, 6.45) is 13.2. The van der Waals surface area contributed by atoms with Crippen LogP contribution in [0.4, 0.5) is 0 Å². The maximum Gasteiger partial charge on any atom is 0.0372 e. The molecule has 0 aliphatic rings. The Hall–Kier alpha value is -0.850. The number of hydrogen-bond donors (Lipinski definition) is 0. The van der Waals surface area contributed by atoms with E-state index in [1.807, 2.05) is 39.0 Å². The molecule has 0 atom stereocenters. The standard InChI is InChI=1S/C10H22.C6H7N.C2H6/c1-3-5-7-9-10-8-6-4-2;1-6-4-2-3-5-7-6;1-2/h3-10H2,1-2H3;2-5H,1H3;1-2H3. The molecule has 0 spiro atoms. The monoisotopic (exact) mass is 265 g/mol. The Morgan fingerprint density at radius 2 is 1.26 bits per heavy atom. The Morgan fingerprint density at radius 3 is 1.53 bits per heavy atom. The molecule has 0 amide bonds. The summed E-state index contributed by atoms with van der Waals surface area (Å²) in [6.45, 7) is 10.5. The fourth-order valence-corrected chi connectivity index (χ4v) is 1.66. The van der Waals surface area contributed by atoms with E-state index in [1.54, 1.807) is 6.20 Å². The lowest BCUT2D eigenvalue weighted by atomic mass is 10.1. The van der Waals surface area contributed by atoms with Crippen molar-refractivity contribution in [3.8, 4) is 0 Å². The van der Waals surface area contributed by atoms with E-state index in [0.29, 0.717) is 0 Å². The van der Waals surface area contributed by atoms with Gasteiger partial charge in [-0.15, -0.1) is 0 Å². The van der Waals surface area contributed by atoms with Gasteiger partial charge >= 0.3 is 0 Å². The van der Waals surface area contributed by atoms with Gasteiger partial charge in [0.1, 0.15) is 0 Å². The van der Waals surface area contributed by atoms with E-state index in [4.69, 9.17) is 0 Å². The summed E-state index contributed by atoms with van der Waals surface area (Å²) < 4.78 is 0. The van der Waals surface area contributed by atoms with Crippen LogP contribution in [0.3, 0.4) is 0 Å². The lowest BCUT2D eigenvalue weighted by molar-refractivity contribution is 0.585. The van der Waals surface area contributed by atoms with Crippen LogP contribution in [-0.4, -0.2) is 4.98 Å². The quantitative estimate of drug-likeness (QED) is 0.508. The molecular formula is C18H35N. The first-order valence-electron chi connectivity index (χ1n) is 8.18. The zero-order valence-electron chi connectivity index (χ0n) is 13.9. The van der Waals surface area contributed by atoms with E-state index in [-0.39, 0.29) is 0 Å². The molecule has 1 rings (SSSR count). The molecule has 0 bridgehead atoms. The molecule has 0 N–H and O–H groups in total. The Bertz CT molecular complexity index is 223. The van der Waals surface area contributed by atoms with Crippen LogP contribution in [0.15, 0.2) is 24.4 Å². The van der Waals surface area contributed by atoms with Crippen LogP contribution >= 0.6 is 0 Å². The first kappa shape index (κ1) is 20.5. The highest BCUT2D eigenvalue weighted by Gasteiger charge is 1.87. The van der Waals surface area contributed by atoms with Gasteiger partial charge in [-0.2, -0.15) is 0 Å². The second-order valence-electron chi connectivity index (χ2n) is 4.59. The Kier molecular flexibility index (Phi) is 21.0. The van der Waals surface area contributed by atoms with Crippen molar-refractivity contribution >= 4 is 0 Å². The third-order valence-electron chi connectivity index (χ3n) is 2.77. The lowest BCUT2D eigenvalue weighted by Gasteiger charge is -1.97. The van der Waals surface area contributed by atoms with Crippen molar-refractivity contribution in [2.75, 3.05) is 0 Å². The van der Waals surface area contributed by atoms with Gasteiger partial charge in [0, 0.05) is 11.9 Å². The molecule has 0 unspecified atom stereocenters. The predicted octanol–water partition coefficient (Wildman–Crippen LogP) is 6.56. The smallest absolute Gasteiger partial charge is 0.0372 e. The van der Waals surface area contributed by atoms with Crippen LogP contribution in [0.25, 0.3) is 0 Å². The van der Waals surface area contributed by atoms with Crippen LogP contribution in [0.1, 0.15) is 84.8 Å². The van der Waals surface area contributed by atoms with Gasteiger partial charge in [0.25, 0.3) is 0 Å². The van der Waals surface area contributed by atoms with Gasteiger partial charge in [0.05, 0.1) is 0 Å². The summed E-state index contributed by atoms with van der Waals surface area (Å²) in [5.74, 6) is 0. The van der Waals surface area contributed by atoms with Gasteiger partial charge in [0.15, 0.2) is 0 Å². The molecule has 1 nitrogen and oxygen atoms in total. The summed E-state index contributed by atoms with van der Waals surface area (Å²) in [7, 11) is 0. The normalized spacial score (nSPS) is 8.89. The van der Waals surface area contributed by atoms with Crippen molar-refractivity contribution in [3.63, 3.8) is 0 Å². The average Bonchev–Trinajstić information content (AvgIpc) is 2.46. The minimum absolute atomic E-state index is 1.07. The van der Waals surface area contributed by atoms with Crippen LogP contribution in [-0.2, 0) is 0 Å². The maximum absolute atomic E-state index is 3.98. The molecule has 1 heteroatoms. The van der Waals surface area contributed by atoms with Gasteiger partial charge in [-0.25, -0.2) is 0 Å². The second kappa shape index (κ2) is 19.5. The Labute approximate surface area is 121 Å². The van der Waals surface area contributed by atoms with Gasteiger partial charge in [0.2, 0.25) is 0 Å². The van der Waals surface area contributed by atoms with Crippen molar-refractivity contribution in [1.82, 2.24) is 4.98 Å². The molecule has 0 saturated heterocycles. The van der Waals surface area contributed by atoms with E-state index in [2.05, 4.69) is 18.8 Å². The maximum atomic E-state index is 3.98. The van der Waals surface area contributed by atoms with E-state index >= 15 is 0 Å². The molecule has 112 valence electrons. The van der Waals surface area contributed by atoms with Crippen molar-refractivity contribution in [1.29, 1.82) is 0 Å². The highest BCUT2D eigenvalue weighted by atomic mass is 14.6. The van der Waals surface area contributed by atoms with Gasteiger partial charge in [-0.1, -0.05) is 85.1 Å². The molecule has 0 aromatic carbocycles. The van der Waals surface area contributed by atoms with Crippen molar-refractivity contribution in [3.05, 3.63) is 30.1 Å². The molecule has 1 aromatic rings. The topological polar surface area (TPSA) is 12.9 Å². The number of nitrogens with zero attached hydrogens (tertiary/aromatic N) is 1. The Morgan fingerprint density at radius 1 is 0.789 bits per heavy atom. The summed E-state index contributed by atoms with van der Waals surface area (Å²) in [4.78, 5) is 3.98. The number of rotatable bonds is 7. The molecule has 19 heavy (non-hydrogen) atoms. The molecule has 1 aromatic heterocycles. The van der Waals surface area contributed by atoms with Crippen LogP contribution in [0, 0.1) is 6.92 Å². The fraction of sp³-hybridized carbons (Fsp3) is 0.722. The van der Waals surface area contributed by atoms with E-state index in [9.17, 15) is 0 Å². The highest BCUT2D eigenvalue weighted by molar-refractivity contribution is 4.99. The summed E-state index contributed by atoms with van der Waals surface area (Å²) >= 11 is 0. The number of aryl methyl sites for hydroxylation is 1. The summed E-state index contributed by atoms with van der Waals surface area (Å²) in [6, 6.07) is 5.86. The SMILES string of the molecule is CC.CCCCCCCCCC.Cc1ccccn1. The number of unbranched alkanes of at least 4 members (excludes halogenated alkanes) is 7. The molecule has 1 heterocycles. The van der Waals surface area contributed by atoms with Crippen molar-refractivity contribution in [2.45, 2.75) is 86.0 Å². The van der Waals surface area contributed by atoms with Crippen LogP contribution in [0.5, 0.6) is 0 Å². The first-order valence-corrected chi connectivity index (χ1v) is 8.18. The average molecular weight is 265 g/mol. The number of aromatic nitrogens is 1. The minimum Gasteiger partial charge on any atom is -0.262 e. The molecular weight excluding hydrogens is 230 g/mol. The van der Waals surface area contributed by atoms with Crippen LogP contribution < -0.4 is 0 Å². The zero-order chi connectivity index (χ0) is 14.8. The highest BCUT2D eigenvalue weighted by Crippen LogP contribution is 2.07. The zero-order valence-corrected chi connectivity index (χ0v) is 13.9.